The van der Waals surface area contributed by atoms with Crippen LogP contribution in [0.5, 0.6) is 17.2 Å². The van der Waals surface area contributed by atoms with Crippen LogP contribution >= 0.6 is 11.6 Å². The van der Waals surface area contributed by atoms with E-state index in [0.29, 0.717) is 37.9 Å². The molecule has 0 radical (unpaired) electrons. The second-order valence-electron chi connectivity index (χ2n) is 8.48. The standard InChI is InChI=1S/C23H18ClF4N3O8S2/c24-12-1-3-13(4-2-12)39-22-18(27)9-15(10-19(22)28)41(37,38)31-6-5-30(11-20(31)23(33)29-34)40(35,36)14-7-16(25)21(32)17(26)8-14/h1-4,7-10,20,32,34H,5-6,11H2,(H,29,33)/t20-/m0/s1. The fourth-order valence-corrected chi connectivity index (χ4v) is 7.10. The molecule has 0 spiro atoms. The van der Waals surface area contributed by atoms with E-state index in [9.17, 15) is 49.5 Å². The number of carbonyl (C=O) groups excluding carboxylic acids is 1. The van der Waals surface area contributed by atoms with Gasteiger partial charge in [-0.1, -0.05) is 11.6 Å². The fourth-order valence-electron chi connectivity index (χ4n) is 3.91. The Morgan fingerprint density at radius 3 is 1.93 bits per heavy atom. The van der Waals surface area contributed by atoms with E-state index >= 15 is 0 Å². The summed E-state index contributed by atoms with van der Waals surface area (Å²) in [5, 5.41) is 18.7. The summed E-state index contributed by atoms with van der Waals surface area (Å²) in [7, 11) is -9.69. The zero-order chi connectivity index (χ0) is 30.3. The Hall–Kier alpha value is -3.48. The second kappa shape index (κ2) is 11.4. The third-order valence-electron chi connectivity index (χ3n) is 5.95. The van der Waals surface area contributed by atoms with Gasteiger partial charge in [0, 0.05) is 24.7 Å². The summed E-state index contributed by atoms with van der Waals surface area (Å²) in [6.07, 6.45) is 0. The van der Waals surface area contributed by atoms with Crippen LogP contribution in [0.4, 0.5) is 17.6 Å². The SMILES string of the molecule is O=C(NO)[C@@H]1CN(S(=O)(=O)c2cc(F)c(O)c(F)c2)CCN1S(=O)(=O)c1cc(F)c(Oc2ccc(Cl)cc2)c(F)c1. The highest BCUT2D eigenvalue weighted by Gasteiger charge is 2.44. The molecule has 18 heteroatoms. The van der Waals surface area contributed by atoms with Gasteiger partial charge in [-0.15, -0.1) is 0 Å². The highest BCUT2D eigenvalue weighted by Crippen LogP contribution is 2.33. The largest absolute Gasteiger partial charge is 0.503 e. The van der Waals surface area contributed by atoms with Crippen LogP contribution in [-0.4, -0.2) is 67.3 Å². The topological polar surface area (TPSA) is 154 Å². The first kappa shape index (κ1) is 30.5. The van der Waals surface area contributed by atoms with Crippen molar-refractivity contribution in [2.75, 3.05) is 19.6 Å². The van der Waals surface area contributed by atoms with E-state index in [1.165, 1.54) is 29.7 Å². The van der Waals surface area contributed by atoms with Crippen molar-refractivity contribution in [3.8, 4) is 17.2 Å². The number of amides is 1. The molecule has 0 unspecified atom stereocenters. The third kappa shape index (κ3) is 5.95. The lowest BCUT2D eigenvalue weighted by atomic mass is 10.2. The number of hydrogen-bond donors (Lipinski definition) is 3. The number of phenols is 1. The van der Waals surface area contributed by atoms with Gasteiger partial charge in [-0.05, 0) is 48.5 Å². The van der Waals surface area contributed by atoms with E-state index in [1.807, 2.05) is 0 Å². The van der Waals surface area contributed by atoms with E-state index in [1.54, 1.807) is 0 Å². The number of sulfonamides is 2. The Kier molecular flexibility index (Phi) is 8.49. The molecule has 4 rings (SSSR count). The molecule has 1 saturated heterocycles. The van der Waals surface area contributed by atoms with Gasteiger partial charge < -0.3 is 9.84 Å². The molecule has 3 aromatic carbocycles. The minimum atomic E-state index is -4.93. The molecule has 41 heavy (non-hydrogen) atoms. The van der Waals surface area contributed by atoms with Crippen molar-refractivity contribution >= 4 is 37.6 Å². The van der Waals surface area contributed by atoms with Crippen LogP contribution in [0.15, 0.2) is 58.3 Å². The smallest absolute Gasteiger partial charge is 0.263 e. The third-order valence-corrected chi connectivity index (χ3v) is 9.93. The maximum atomic E-state index is 14.8. The highest BCUT2D eigenvalue weighted by atomic mass is 35.5. The van der Waals surface area contributed by atoms with E-state index < -0.39 is 96.2 Å². The summed E-state index contributed by atoms with van der Waals surface area (Å²) in [6.45, 7) is -2.43. The minimum absolute atomic E-state index is 0.0202. The summed E-state index contributed by atoms with van der Waals surface area (Å²) < 4.78 is 116. The lowest BCUT2D eigenvalue weighted by Gasteiger charge is -2.38. The maximum Gasteiger partial charge on any atom is 0.263 e. The normalized spacial score (nSPS) is 16.9. The molecular formula is C23H18ClF4N3O8S2. The molecule has 0 saturated carbocycles. The van der Waals surface area contributed by atoms with E-state index in [-0.39, 0.29) is 5.75 Å². The Morgan fingerprint density at radius 1 is 0.878 bits per heavy atom. The van der Waals surface area contributed by atoms with Crippen LogP contribution in [0.3, 0.4) is 0 Å². The number of hydroxylamine groups is 1. The van der Waals surface area contributed by atoms with Gasteiger partial charge in [-0.3, -0.25) is 10.0 Å². The molecule has 1 aliphatic heterocycles. The number of hydrogen-bond acceptors (Lipinski definition) is 8. The molecular weight excluding hydrogens is 622 g/mol. The van der Waals surface area contributed by atoms with Gasteiger partial charge in [0.05, 0.1) is 9.79 Å². The average Bonchev–Trinajstić information content (AvgIpc) is 2.93. The number of benzene rings is 3. The van der Waals surface area contributed by atoms with Crippen molar-refractivity contribution in [3.05, 3.63) is 76.8 Å². The first-order chi connectivity index (χ1) is 19.2. The van der Waals surface area contributed by atoms with Crippen LogP contribution in [0.1, 0.15) is 0 Å². The van der Waals surface area contributed by atoms with Gasteiger partial charge in [0.15, 0.2) is 34.8 Å². The number of rotatable bonds is 7. The molecule has 220 valence electrons. The molecule has 3 N–H and O–H groups in total. The number of halogens is 5. The molecule has 1 amide bonds. The van der Waals surface area contributed by atoms with Gasteiger partial charge in [0.2, 0.25) is 20.0 Å². The zero-order valence-electron chi connectivity index (χ0n) is 20.3. The van der Waals surface area contributed by atoms with E-state index in [0.717, 1.165) is 0 Å². The van der Waals surface area contributed by atoms with Crippen LogP contribution in [0, 0.1) is 23.3 Å². The van der Waals surface area contributed by atoms with Crippen molar-refractivity contribution in [1.82, 2.24) is 14.1 Å². The Labute approximate surface area is 235 Å². The van der Waals surface area contributed by atoms with Crippen LogP contribution in [0.25, 0.3) is 0 Å². The van der Waals surface area contributed by atoms with E-state index in [4.69, 9.17) is 16.3 Å². The number of ether oxygens (including phenoxy) is 1. The lowest BCUT2D eigenvalue weighted by Crippen LogP contribution is -2.61. The summed E-state index contributed by atoms with van der Waals surface area (Å²) in [4.78, 5) is 10.5. The number of piperazine rings is 1. The van der Waals surface area contributed by atoms with Crippen molar-refractivity contribution < 1.29 is 54.2 Å². The van der Waals surface area contributed by atoms with Crippen molar-refractivity contribution in [2.24, 2.45) is 0 Å². The first-order valence-electron chi connectivity index (χ1n) is 11.2. The predicted molar refractivity (Wildman–Crippen MR) is 132 cm³/mol. The Morgan fingerprint density at radius 2 is 1.39 bits per heavy atom. The molecule has 1 atom stereocenters. The number of aromatic hydroxyl groups is 1. The summed E-state index contributed by atoms with van der Waals surface area (Å²) in [5.41, 5.74) is 1.19. The lowest BCUT2D eigenvalue weighted by molar-refractivity contribution is -0.134. The molecule has 1 heterocycles. The average molecular weight is 640 g/mol. The fraction of sp³-hybridized carbons (Fsp3) is 0.174. The van der Waals surface area contributed by atoms with Crippen molar-refractivity contribution in [3.63, 3.8) is 0 Å². The van der Waals surface area contributed by atoms with Gasteiger partial charge in [-0.2, -0.15) is 8.61 Å². The van der Waals surface area contributed by atoms with E-state index in [2.05, 4.69) is 0 Å². The number of phenolic OH excluding ortho intramolecular Hbond substituents is 1. The van der Waals surface area contributed by atoms with Crippen LogP contribution in [0.2, 0.25) is 5.02 Å². The summed E-state index contributed by atoms with van der Waals surface area (Å²) in [5.74, 6) is -9.86. The molecule has 1 aliphatic rings. The first-order valence-corrected chi connectivity index (χ1v) is 14.5. The van der Waals surface area contributed by atoms with Gasteiger partial charge >= 0.3 is 0 Å². The van der Waals surface area contributed by atoms with Gasteiger partial charge in [0.1, 0.15) is 11.8 Å². The van der Waals surface area contributed by atoms with Crippen molar-refractivity contribution in [1.29, 1.82) is 0 Å². The monoisotopic (exact) mass is 639 g/mol. The predicted octanol–water partition coefficient (Wildman–Crippen LogP) is 2.96. The molecule has 1 fully saturated rings. The summed E-state index contributed by atoms with van der Waals surface area (Å²) >= 11 is 5.75. The van der Waals surface area contributed by atoms with Gasteiger partial charge in [0.25, 0.3) is 5.91 Å². The highest BCUT2D eigenvalue weighted by molar-refractivity contribution is 7.89. The number of nitrogens with one attached hydrogen (secondary N) is 1. The Bertz CT molecular complexity index is 1680. The molecule has 0 bridgehead atoms. The maximum absolute atomic E-state index is 14.8. The Balaban J connectivity index is 1.65. The van der Waals surface area contributed by atoms with Gasteiger partial charge in [-0.25, -0.2) is 39.9 Å². The minimum Gasteiger partial charge on any atom is -0.503 e. The molecule has 0 aliphatic carbocycles. The number of carbonyl (C=O) groups is 1. The van der Waals surface area contributed by atoms with Crippen LogP contribution < -0.4 is 10.2 Å². The quantitative estimate of drug-likeness (QED) is 0.203. The number of nitrogens with zero attached hydrogens (tertiary/aromatic N) is 2. The second-order valence-corrected chi connectivity index (χ2v) is 12.7. The molecule has 3 aromatic rings. The summed E-state index contributed by atoms with van der Waals surface area (Å²) in [6, 6.07) is 4.85. The molecule has 0 aromatic heterocycles. The van der Waals surface area contributed by atoms with Crippen molar-refractivity contribution in [2.45, 2.75) is 15.8 Å². The molecule has 11 nitrogen and oxygen atoms in total. The van der Waals surface area contributed by atoms with Crippen LogP contribution in [-0.2, 0) is 24.8 Å². The zero-order valence-corrected chi connectivity index (χ0v) is 22.7.